The van der Waals surface area contributed by atoms with E-state index in [1.807, 2.05) is 0 Å². The lowest BCUT2D eigenvalue weighted by Gasteiger charge is -2.28. The highest BCUT2D eigenvalue weighted by molar-refractivity contribution is 5.86. The molecule has 2 unspecified atom stereocenters. The van der Waals surface area contributed by atoms with Crippen LogP contribution in [-0.4, -0.2) is 5.78 Å². The van der Waals surface area contributed by atoms with Gasteiger partial charge in [0, 0.05) is 11.8 Å². The maximum Gasteiger partial charge on any atom is 0.139 e. The molecule has 1 nitrogen and oxygen atoms in total. The SMILES string of the molecule is C=C1CCCC(=O)C2(C)CCCC12. The third kappa shape index (κ3) is 1.25. The van der Waals surface area contributed by atoms with Crippen molar-refractivity contribution in [3.05, 3.63) is 12.2 Å². The van der Waals surface area contributed by atoms with Gasteiger partial charge in [0.1, 0.15) is 5.78 Å². The minimum absolute atomic E-state index is 0.0341. The summed E-state index contributed by atoms with van der Waals surface area (Å²) in [5, 5.41) is 0. The van der Waals surface area contributed by atoms with Crippen molar-refractivity contribution in [1.29, 1.82) is 0 Å². The van der Waals surface area contributed by atoms with Crippen LogP contribution in [0.25, 0.3) is 0 Å². The molecule has 2 aliphatic rings. The molecule has 2 rings (SSSR count). The fraction of sp³-hybridized carbons (Fsp3) is 0.750. The lowest BCUT2D eigenvalue weighted by atomic mass is 9.74. The molecule has 2 atom stereocenters. The average molecular weight is 178 g/mol. The zero-order valence-corrected chi connectivity index (χ0v) is 8.44. The van der Waals surface area contributed by atoms with Crippen LogP contribution < -0.4 is 0 Å². The summed E-state index contributed by atoms with van der Waals surface area (Å²) in [5.41, 5.74) is 1.30. The van der Waals surface area contributed by atoms with Crippen LogP contribution >= 0.6 is 0 Å². The molecular formula is C12H18O. The summed E-state index contributed by atoms with van der Waals surface area (Å²) in [6.07, 6.45) is 6.39. The van der Waals surface area contributed by atoms with E-state index in [9.17, 15) is 4.79 Å². The number of Topliss-reactive ketones (excluding diaryl/α,β-unsaturated/α-hetero) is 1. The molecule has 72 valence electrons. The zero-order valence-electron chi connectivity index (χ0n) is 8.44. The Morgan fingerprint density at radius 2 is 2.15 bits per heavy atom. The Labute approximate surface area is 80.2 Å². The van der Waals surface area contributed by atoms with E-state index in [0.717, 1.165) is 25.7 Å². The van der Waals surface area contributed by atoms with Crippen molar-refractivity contribution in [3.63, 3.8) is 0 Å². The largest absolute Gasteiger partial charge is 0.299 e. The highest BCUT2D eigenvalue weighted by atomic mass is 16.1. The van der Waals surface area contributed by atoms with Gasteiger partial charge in [-0.3, -0.25) is 4.79 Å². The van der Waals surface area contributed by atoms with Gasteiger partial charge in [-0.25, -0.2) is 0 Å². The van der Waals surface area contributed by atoms with Crippen molar-refractivity contribution in [2.24, 2.45) is 11.3 Å². The van der Waals surface area contributed by atoms with Crippen LogP contribution in [0.5, 0.6) is 0 Å². The molecule has 0 spiro atoms. The summed E-state index contributed by atoms with van der Waals surface area (Å²) in [6.45, 7) is 6.30. The van der Waals surface area contributed by atoms with E-state index in [4.69, 9.17) is 0 Å². The third-order valence-corrected chi connectivity index (χ3v) is 3.99. The molecule has 2 aliphatic carbocycles. The summed E-state index contributed by atoms with van der Waals surface area (Å²) >= 11 is 0. The average Bonchev–Trinajstić information content (AvgIpc) is 2.44. The van der Waals surface area contributed by atoms with Crippen molar-refractivity contribution in [2.45, 2.75) is 45.4 Å². The van der Waals surface area contributed by atoms with Crippen LogP contribution in [0.15, 0.2) is 12.2 Å². The van der Waals surface area contributed by atoms with Gasteiger partial charge in [-0.2, -0.15) is 0 Å². The van der Waals surface area contributed by atoms with Crippen molar-refractivity contribution in [1.82, 2.24) is 0 Å². The molecule has 0 amide bonds. The monoisotopic (exact) mass is 178 g/mol. The molecule has 0 heterocycles. The number of fused-ring (bicyclic) bond motifs is 1. The zero-order chi connectivity index (χ0) is 9.47. The van der Waals surface area contributed by atoms with Crippen LogP contribution in [0.2, 0.25) is 0 Å². The maximum atomic E-state index is 11.9. The predicted octanol–water partition coefficient (Wildman–Crippen LogP) is 3.10. The lowest BCUT2D eigenvalue weighted by molar-refractivity contribution is -0.128. The van der Waals surface area contributed by atoms with Crippen LogP contribution in [0.3, 0.4) is 0 Å². The molecular weight excluding hydrogens is 160 g/mol. The molecule has 0 bridgehead atoms. The fourth-order valence-corrected chi connectivity index (χ4v) is 3.09. The van der Waals surface area contributed by atoms with Crippen molar-refractivity contribution >= 4 is 5.78 Å². The molecule has 0 aromatic heterocycles. The molecule has 13 heavy (non-hydrogen) atoms. The topological polar surface area (TPSA) is 17.1 Å². The normalized spacial score (nSPS) is 40.2. The predicted molar refractivity (Wildman–Crippen MR) is 53.4 cm³/mol. The molecule has 0 radical (unpaired) electrons. The maximum absolute atomic E-state index is 11.9. The molecule has 2 fully saturated rings. The molecule has 0 N–H and O–H groups in total. The van der Waals surface area contributed by atoms with Gasteiger partial charge < -0.3 is 0 Å². The number of hydrogen-bond donors (Lipinski definition) is 0. The van der Waals surface area contributed by atoms with E-state index < -0.39 is 0 Å². The Morgan fingerprint density at radius 1 is 1.38 bits per heavy atom. The number of carbonyl (C=O) groups excluding carboxylic acids is 1. The highest BCUT2D eigenvalue weighted by Gasteiger charge is 2.46. The minimum Gasteiger partial charge on any atom is -0.299 e. The van der Waals surface area contributed by atoms with Gasteiger partial charge in [0.15, 0.2) is 0 Å². The second-order valence-corrected chi connectivity index (χ2v) is 4.80. The highest BCUT2D eigenvalue weighted by Crippen LogP contribution is 2.50. The summed E-state index contributed by atoms with van der Waals surface area (Å²) in [4.78, 5) is 11.9. The van der Waals surface area contributed by atoms with E-state index in [1.165, 1.54) is 18.4 Å². The first-order valence-corrected chi connectivity index (χ1v) is 5.35. The standard InChI is InChI=1S/C12H18O/c1-9-5-3-7-11(13)12(2)8-4-6-10(9)12/h10H,1,3-8H2,2H3. The van der Waals surface area contributed by atoms with E-state index in [0.29, 0.717) is 11.7 Å². The first-order valence-electron chi connectivity index (χ1n) is 5.35. The number of allylic oxidation sites excluding steroid dienone is 1. The van der Waals surface area contributed by atoms with Crippen molar-refractivity contribution in [2.75, 3.05) is 0 Å². The van der Waals surface area contributed by atoms with Crippen molar-refractivity contribution < 1.29 is 4.79 Å². The molecule has 0 saturated heterocycles. The van der Waals surface area contributed by atoms with Crippen LogP contribution in [0, 0.1) is 11.3 Å². The molecule has 0 aromatic carbocycles. The first kappa shape index (κ1) is 8.98. The summed E-state index contributed by atoms with van der Waals surface area (Å²) < 4.78 is 0. The van der Waals surface area contributed by atoms with Gasteiger partial charge in [0.2, 0.25) is 0 Å². The Hall–Kier alpha value is -0.590. The Morgan fingerprint density at radius 3 is 2.92 bits per heavy atom. The summed E-state index contributed by atoms with van der Waals surface area (Å²) in [6, 6.07) is 0. The second-order valence-electron chi connectivity index (χ2n) is 4.80. The van der Waals surface area contributed by atoms with Gasteiger partial charge in [0.05, 0.1) is 0 Å². The van der Waals surface area contributed by atoms with Gasteiger partial charge in [-0.1, -0.05) is 25.5 Å². The van der Waals surface area contributed by atoms with Crippen LogP contribution in [0.4, 0.5) is 0 Å². The Bertz CT molecular complexity index is 254. The van der Waals surface area contributed by atoms with Gasteiger partial charge in [-0.05, 0) is 31.6 Å². The molecule has 2 saturated carbocycles. The summed E-state index contributed by atoms with van der Waals surface area (Å²) in [5.74, 6) is 0.996. The first-order chi connectivity index (χ1) is 6.14. The van der Waals surface area contributed by atoms with Crippen molar-refractivity contribution in [3.8, 4) is 0 Å². The van der Waals surface area contributed by atoms with E-state index in [2.05, 4.69) is 13.5 Å². The van der Waals surface area contributed by atoms with Crippen LogP contribution in [0.1, 0.15) is 45.4 Å². The van der Waals surface area contributed by atoms with E-state index in [1.54, 1.807) is 0 Å². The summed E-state index contributed by atoms with van der Waals surface area (Å²) in [7, 11) is 0. The van der Waals surface area contributed by atoms with Gasteiger partial charge >= 0.3 is 0 Å². The Balaban J connectivity index is 2.33. The molecule has 1 heteroatoms. The smallest absolute Gasteiger partial charge is 0.139 e. The molecule has 0 aromatic rings. The Kier molecular flexibility index (Phi) is 2.05. The van der Waals surface area contributed by atoms with Gasteiger partial charge in [0.25, 0.3) is 0 Å². The van der Waals surface area contributed by atoms with Gasteiger partial charge in [-0.15, -0.1) is 0 Å². The number of ketones is 1. The van der Waals surface area contributed by atoms with E-state index in [-0.39, 0.29) is 5.41 Å². The number of carbonyl (C=O) groups is 1. The number of hydrogen-bond acceptors (Lipinski definition) is 1. The number of rotatable bonds is 0. The minimum atomic E-state index is -0.0341. The van der Waals surface area contributed by atoms with Crippen LogP contribution in [-0.2, 0) is 4.79 Å². The third-order valence-electron chi connectivity index (χ3n) is 3.99. The lowest BCUT2D eigenvalue weighted by Crippen LogP contribution is -2.30. The molecule has 0 aliphatic heterocycles. The second kappa shape index (κ2) is 2.97. The van der Waals surface area contributed by atoms with E-state index >= 15 is 0 Å². The quantitative estimate of drug-likeness (QED) is 0.521. The fourth-order valence-electron chi connectivity index (χ4n) is 3.09.